The molecule has 1 aliphatic heterocycles. The van der Waals surface area contributed by atoms with Crippen LogP contribution in [0, 0.1) is 0 Å². The van der Waals surface area contributed by atoms with Crippen LogP contribution >= 0.6 is 0 Å². The molecule has 2 heteroatoms. The molecule has 24 heavy (non-hydrogen) atoms. The van der Waals surface area contributed by atoms with Crippen LogP contribution in [0.5, 0.6) is 0 Å². The van der Waals surface area contributed by atoms with Crippen LogP contribution in [-0.4, -0.2) is 19.0 Å². The standard InChI is InChI=1S/C22H44O2/c1-3-5-7-9-10-11-12-13-14-16-19-22(18-15-8-6-4-2)23-20-17-21-24-22/h3-21H2,1-2H3. The molecule has 0 N–H and O–H groups in total. The highest BCUT2D eigenvalue weighted by Gasteiger charge is 2.33. The third kappa shape index (κ3) is 10.7. The summed E-state index contributed by atoms with van der Waals surface area (Å²) >= 11 is 0. The van der Waals surface area contributed by atoms with Crippen molar-refractivity contribution >= 4 is 0 Å². The summed E-state index contributed by atoms with van der Waals surface area (Å²) in [5, 5.41) is 0. The molecule has 0 atom stereocenters. The summed E-state index contributed by atoms with van der Waals surface area (Å²) in [4.78, 5) is 0. The SMILES string of the molecule is CCCCCCCCCCCCC1(CCCCCC)OCCCO1. The Morgan fingerprint density at radius 2 is 0.917 bits per heavy atom. The molecule has 1 fully saturated rings. The number of ether oxygens (including phenoxy) is 2. The number of unbranched alkanes of at least 4 members (excludes halogenated alkanes) is 12. The molecule has 2 nitrogen and oxygen atoms in total. The summed E-state index contributed by atoms with van der Waals surface area (Å²) in [6, 6.07) is 0. The molecule has 144 valence electrons. The Morgan fingerprint density at radius 3 is 1.38 bits per heavy atom. The van der Waals surface area contributed by atoms with Crippen LogP contribution in [0.4, 0.5) is 0 Å². The van der Waals surface area contributed by atoms with Gasteiger partial charge in [-0.05, 0) is 19.3 Å². The second kappa shape index (κ2) is 15.2. The molecule has 1 heterocycles. The van der Waals surface area contributed by atoms with E-state index in [1.807, 2.05) is 0 Å². The summed E-state index contributed by atoms with van der Waals surface area (Å²) in [6.07, 6.45) is 22.4. The van der Waals surface area contributed by atoms with Gasteiger partial charge in [-0.3, -0.25) is 0 Å². The fourth-order valence-electron chi connectivity index (χ4n) is 3.73. The first-order chi connectivity index (χ1) is 11.8. The Labute approximate surface area is 152 Å². The van der Waals surface area contributed by atoms with Gasteiger partial charge in [0.1, 0.15) is 0 Å². The van der Waals surface area contributed by atoms with E-state index < -0.39 is 0 Å². The first-order valence-corrected chi connectivity index (χ1v) is 11.1. The van der Waals surface area contributed by atoms with Crippen molar-refractivity contribution in [3.8, 4) is 0 Å². The largest absolute Gasteiger partial charge is 0.350 e. The lowest BCUT2D eigenvalue weighted by atomic mass is 9.98. The predicted molar refractivity (Wildman–Crippen MR) is 104 cm³/mol. The highest BCUT2D eigenvalue weighted by atomic mass is 16.7. The van der Waals surface area contributed by atoms with Crippen LogP contribution < -0.4 is 0 Å². The first-order valence-electron chi connectivity index (χ1n) is 11.1. The smallest absolute Gasteiger partial charge is 0.168 e. The van der Waals surface area contributed by atoms with Gasteiger partial charge < -0.3 is 9.47 Å². The zero-order valence-electron chi connectivity index (χ0n) is 16.8. The highest BCUT2D eigenvalue weighted by Crippen LogP contribution is 2.31. The third-order valence-corrected chi connectivity index (χ3v) is 5.34. The van der Waals surface area contributed by atoms with Crippen molar-refractivity contribution in [1.29, 1.82) is 0 Å². The summed E-state index contributed by atoms with van der Waals surface area (Å²) < 4.78 is 12.2. The average Bonchev–Trinajstić information content (AvgIpc) is 2.61. The molecule has 0 aromatic rings. The molecule has 0 spiro atoms. The van der Waals surface area contributed by atoms with Crippen molar-refractivity contribution in [3.05, 3.63) is 0 Å². The fourth-order valence-corrected chi connectivity index (χ4v) is 3.73. The predicted octanol–water partition coefficient (Wildman–Crippen LogP) is 7.40. The lowest BCUT2D eigenvalue weighted by Crippen LogP contribution is -2.40. The molecule has 1 saturated heterocycles. The minimum absolute atomic E-state index is 0.230. The van der Waals surface area contributed by atoms with E-state index in [9.17, 15) is 0 Å². The Morgan fingerprint density at radius 1 is 0.542 bits per heavy atom. The molecule has 0 unspecified atom stereocenters. The molecule has 0 bridgehead atoms. The van der Waals surface area contributed by atoms with E-state index in [0.717, 1.165) is 32.5 Å². The molecule has 0 radical (unpaired) electrons. The van der Waals surface area contributed by atoms with Gasteiger partial charge in [0, 0.05) is 12.8 Å². The minimum Gasteiger partial charge on any atom is -0.350 e. The van der Waals surface area contributed by atoms with Crippen molar-refractivity contribution in [3.63, 3.8) is 0 Å². The molecule has 0 amide bonds. The Balaban J connectivity index is 2.05. The summed E-state index contributed by atoms with van der Waals surface area (Å²) in [6.45, 7) is 6.35. The fraction of sp³-hybridized carbons (Fsp3) is 1.00. The van der Waals surface area contributed by atoms with Crippen LogP contribution in [0.2, 0.25) is 0 Å². The summed E-state index contributed by atoms with van der Waals surface area (Å²) in [5.41, 5.74) is 0. The van der Waals surface area contributed by atoms with Crippen LogP contribution in [0.1, 0.15) is 123 Å². The van der Waals surface area contributed by atoms with Gasteiger partial charge in [0.25, 0.3) is 0 Å². The quantitative estimate of drug-likeness (QED) is 0.272. The maximum atomic E-state index is 6.11. The van der Waals surface area contributed by atoms with Crippen molar-refractivity contribution < 1.29 is 9.47 Å². The van der Waals surface area contributed by atoms with Crippen molar-refractivity contribution in [1.82, 2.24) is 0 Å². The molecule has 1 rings (SSSR count). The Bertz CT molecular complexity index is 259. The third-order valence-electron chi connectivity index (χ3n) is 5.34. The van der Waals surface area contributed by atoms with Gasteiger partial charge in [-0.2, -0.15) is 0 Å². The monoisotopic (exact) mass is 340 g/mol. The van der Waals surface area contributed by atoms with Gasteiger partial charge >= 0.3 is 0 Å². The molecule has 0 aromatic carbocycles. The lowest BCUT2D eigenvalue weighted by Gasteiger charge is -2.37. The molecular formula is C22H44O2. The van der Waals surface area contributed by atoms with E-state index in [-0.39, 0.29) is 5.79 Å². The number of rotatable bonds is 16. The van der Waals surface area contributed by atoms with Gasteiger partial charge in [-0.25, -0.2) is 0 Å². The van der Waals surface area contributed by atoms with Crippen LogP contribution in [0.25, 0.3) is 0 Å². The molecule has 0 aliphatic carbocycles. The van der Waals surface area contributed by atoms with Crippen LogP contribution in [-0.2, 0) is 9.47 Å². The van der Waals surface area contributed by atoms with E-state index >= 15 is 0 Å². The second-order valence-corrected chi connectivity index (χ2v) is 7.70. The lowest BCUT2D eigenvalue weighted by molar-refractivity contribution is -0.274. The van der Waals surface area contributed by atoms with E-state index in [1.54, 1.807) is 0 Å². The number of hydrogen-bond acceptors (Lipinski definition) is 2. The highest BCUT2D eigenvalue weighted by molar-refractivity contribution is 4.73. The minimum atomic E-state index is -0.230. The zero-order chi connectivity index (χ0) is 17.3. The van der Waals surface area contributed by atoms with E-state index in [2.05, 4.69) is 13.8 Å². The van der Waals surface area contributed by atoms with E-state index in [1.165, 1.54) is 89.9 Å². The second-order valence-electron chi connectivity index (χ2n) is 7.70. The van der Waals surface area contributed by atoms with Gasteiger partial charge in [0.05, 0.1) is 13.2 Å². The van der Waals surface area contributed by atoms with Gasteiger partial charge in [0.2, 0.25) is 0 Å². The summed E-state index contributed by atoms with van der Waals surface area (Å²) in [7, 11) is 0. The topological polar surface area (TPSA) is 18.5 Å². The van der Waals surface area contributed by atoms with Crippen molar-refractivity contribution in [2.45, 2.75) is 129 Å². The molecule has 0 saturated carbocycles. The van der Waals surface area contributed by atoms with Gasteiger partial charge in [-0.1, -0.05) is 90.9 Å². The van der Waals surface area contributed by atoms with Crippen LogP contribution in [0.15, 0.2) is 0 Å². The summed E-state index contributed by atoms with van der Waals surface area (Å²) in [5.74, 6) is -0.230. The molecular weight excluding hydrogens is 296 g/mol. The number of hydrogen-bond donors (Lipinski definition) is 0. The molecule has 1 aliphatic rings. The Hall–Kier alpha value is -0.0800. The normalized spacial score (nSPS) is 17.2. The zero-order valence-corrected chi connectivity index (χ0v) is 16.8. The van der Waals surface area contributed by atoms with Gasteiger partial charge in [0.15, 0.2) is 5.79 Å². The maximum Gasteiger partial charge on any atom is 0.168 e. The average molecular weight is 341 g/mol. The van der Waals surface area contributed by atoms with Crippen LogP contribution in [0.3, 0.4) is 0 Å². The van der Waals surface area contributed by atoms with E-state index in [4.69, 9.17) is 9.47 Å². The first kappa shape index (κ1) is 22.0. The van der Waals surface area contributed by atoms with E-state index in [0.29, 0.717) is 0 Å². The van der Waals surface area contributed by atoms with Gasteiger partial charge in [-0.15, -0.1) is 0 Å². The maximum absolute atomic E-state index is 6.11. The van der Waals surface area contributed by atoms with Crippen molar-refractivity contribution in [2.24, 2.45) is 0 Å². The van der Waals surface area contributed by atoms with Crippen molar-refractivity contribution in [2.75, 3.05) is 13.2 Å². The molecule has 0 aromatic heterocycles. The Kier molecular flexibility index (Phi) is 13.9.